The molecule has 0 fully saturated rings. The molecular formula is C18H31FIN3O. The molecule has 1 atom stereocenters. The third kappa shape index (κ3) is 10.1. The van der Waals surface area contributed by atoms with Crippen LogP contribution in [-0.2, 0) is 6.54 Å². The van der Waals surface area contributed by atoms with Crippen molar-refractivity contribution >= 4 is 29.9 Å². The first-order valence-electron chi connectivity index (χ1n) is 8.42. The lowest BCUT2D eigenvalue weighted by Crippen LogP contribution is -2.40. The van der Waals surface area contributed by atoms with Crippen molar-refractivity contribution in [3.8, 4) is 0 Å². The molecule has 138 valence electrons. The molecule has 0 aliphatic heterocycles. The van der Waals surface area contributed by atoms with Crippen LogP contribution in [0, 0.1) is 17.7 Å². The van der Waals surface area contributed by atoms with Crippen molar-refractivity contribution in [2.24, 2.45) is 16.8 Å². The maximum absolute atomic E-state index is 13.2. The monoisotopic (exact) mass is 451 g/mol. The molecular weight excluding hydrogens is 420 g/mol. The van der Waals surface area contributed by atoms with Crippen LogP contribution in [0.3, 0.4) is 0 Å². The molecule has 1 aromatic rings. The van der Waals surface area contributed by atoms with Gasteiger partial charge in [0.25, 0.3) is 0 Å². The minimum Gasteiger partial charge on any atom is -0.396 e. The SMILES string of the molecule is CCNC(=NCc1cccc(F)c1)NCC(CCO)CC(C)C.I. The van der Waals surface area contributed by atoms with Gasteiger partial charge in [-0.15, -0.1) is 24.0 Å². The van der Waals surface area contributed by atoms with Crippen molar-refractivity contribution in [1.29, 1.82) is 0 Å². The van der Waals surface area contributed by atoms with Gasteiger partial charge in [-0.05, 0) is 49.3 Å². The Kier molecular flexibility index (Phi) is 12.9. The maximum atomic E-state index is 13.2. The number of nitrogens with one attached hydrogen (secondary N) is 2. The Morgan fingerprint density at radius 3 is 2.62 bits per heavy atom. The van der Waals surface area contributed by atoms with Crippen molar-refractivity contribution in [3.05, 3.63) is 35.6 Å². The standard InChI is InChI=1S/C18H30FN3O.HI/c1-4-20-18(21-12-15-6-5-7-17(19)11-15)22-13-16(8-9-23)10-14(2)3;/h5-7,11,14,16,23H,4,8-10,12-13H2,1-3H3,(H2,20,21,22);1H. The Balaban J connectivity index is 0.00000529. The van der Waals surface area contributed by atoms with Crippen LogP contribution in [0.5, 0.6) is 0 Å². The van der Waals surface area contributed by atoms with Gasteiger partial charge in [-0.3, -0.25) is 0 Å². The number of nitrogens with zero attached hydrogens (tertiary/aromatic N) is 1. The number of rotatable bonds is 9. The van der Waals surface area contributed by atoms with Crippen LogP contribution < -0.4 is 10.6 Å². The highest BCUT2D eigenvalue weighted by molar-refractivity contribution is 14.0. The fraction of sp³-hybridized carbons (Fsp3) is 0.611. The van der Waals surface area contributed by atoms with Crippen LogP contribution in [0.15, 0.2) is 29.3 Å². The molecule has 0 aromatic heterocycles. The second kappa shape index (κ2) is 13.4. The molecule has 0 saturated heterocycles. The van der Waals surface area contributed by atoms with Gasteiger partial charge in [-0.25, -0.2) is 9.38 Å². The van der Waals surface area contributed by atoms with Gasteiger partial charge in [0.05, 0.1) is 6.54 Å². The second-order valence-electron chi connectivity index (χ2n) is 6.21. The number of halogens is 2. The summed E-state index contributed by atoms with van der Waals surface area (Å²) in [5, 5.41) is 15.7. The molecule has 0 saturated carbocycles. The molecule has 0 aliphatic rings. The lowest BCUT2D eigenvalue weighted by Gasteiger charge is -2.20. The molecule has 0 heterocycles. The number of guanidine groups is 1. The number of hydrogen-bond acceptors (Lipinski definition) is 2. The average molecular weight is 451 g/mol. The highest BCUT2D eigenvalue weighted by Gasteiger charge is 2.11. The van der Waals surface area contributed by atoms with E-state index in [1.165, 1.54) is 12.1 Å². The first-order chi connectivity index (χ1) is 11.0. The van der Waals surface area contributed by atoms with Gasteiger partial charge < -0.3 is 15.7 Å². The highest BCUT2D eigenvalue weighted by Crippen LogP contribution is 2.14. The number of aliphatic hydroxyl groups excluding tert-OH is 1. The minimum atomic E-state index is -0.240. The molecule has 0 amide bonds. The summed E-state index contributed by atoms with van der Waals surface area (Å²) in [6.45, 7) is 8.56. The zero-order valence-corrected chi connectivity index (χ0v) is 17.2. The highest BCUT2D eigenvalue weighted by atomic mass is 127. The molecule has 1 unspecified atom stereocenters. The first-order valence-corrected chi connectivity index (χ1v) is 8.42. The van der Waals surface area contributed by atoms with E-state index in [1.807, 2.05) is 13.0 Å². The molecule has 0 aliphatic carbocycles. The molecule has 1 rings (SSSR count). The molecule has 24 heavy (non-hydrogen) atoms. The Hall–Kier alpha value is -0.890. The average Bonchev–Trinajstić information content (AvgIpc) is 2.49. The van der Waals surface area contributed by atoms with E-state index in [2.05, 4.69) is 29.5 Å². The summed E-state index contributed by atoms with van der Waals surface area (Å²) in [6.07, 6.45) is 1.85. The van der Waals surface area contributed by atoms with E-state index in [-0.39, 0.29) is 36.4 Å². The van der Waals surface area contributed by atoms with Gasteiger partial charge in [0.15, 0.2) is 5.96 Å². The maximum Gasteiger partial charge on any atom is 0.191 e. The zero-order valence-electron chi connectivity index (χ0n) is 14.9. The number of benzene rings is 1. The van der Waals surface area contributed by atoms with Crippen LogP contribution in [-0.4, -0.2) is 30.8 Å². The third-order valence-corrected chi connectivity index (χ3v) is 3.55. The summed E-state index contributed by atoms with van der Waals surface area (Å²) in [6, 6.07) is 6.49. The van der Waals surface area contributed by atoms with Crippen molar-refractivity contribution in [1.82, 2.24) is 10.6 Å². The van der Waals surface area contributed by atoms with Crippen LogP contribution in [0.2, 0.25) is 0 Å². The predicted molar refractivity (Wildman–Crippen MR) is 109 cm³/mol. The molecule has 0 radical (unpaired) electrons. The minimum absolute atomic E-state index is 0. The van der Waals surface area contributed by atoms with Crippen LogP contribution in [0.1, 0.15) is 39.2 Å². The van der Waals surface area contributed by atoms with Crippen molar-refractivity contribution in [3.63, 3.8) is 0 Å². The Labute approximate surface area is 162 Å². The van der Waals surface area contributed by atoms with E-state index in [9.17, 15) is 9.50 Å². The summed E-state index contributed by atoms with van der Waals surface area (Å²) >= 11 is 0. The van der Waals surface area contributed by atoms with E-state index >= 15 is 0 Å². The van der Waals surface area contributed by atoms with E-state index in [4.69, 9.17) is 0 Å². The van der Waals surface area contributed by atoms with Gasteiger partial charge in [0.1, 0.15) is 5.82 Å². The largest absolute Gasteiger partial charge is 0.396 e. The van der Waals surface area contributed by atoms with Gasteiger partial charge in [-0.1, -0.05) is 26.0 Å². The molecule has 3 N–H and O–H groups in total. The molecule has 0 spiro atoms. The fourth-order valence-corrected chi connectivity index (χ4v) is 2.54. The van der Waals surface area contributed by atoms with Gasteiger partial charge in [0.2, 0.25) is 0 Å². The quantitative estimate of drug-likeness (QED) is 0.306. The van der Waals surface area contributed by atoms with Crippen LogP contribution in [0.25, 0.3) is 0 Å². The second-order valence-corrected chi connectivity index (χ2v) is 6.21. The Morgan fingerprint density at radius 2 is 2.04 bits per heavy atom. The van der Waals surface area contributed by atoms with Gasteiger partial charge >= 0.3 is 0 Å². The summed E-state index contributed by atoms with van der Waals surface area (Å²) in [5.74, 6) is 1.50. The number of hydrogen-bond donors (Lipinski definition) is 3. The summed E-state index contributed by atoms with van der Waals surface area (Å²) in [7, 11) is 0. The fourth-order valence-electron chi connectivity index (χ4n) is 2.54. The lowest BCUT2D eigenvalue weighted by molar-refractivity contribution is 0.243. The number of aliphatic imine (C=N–C) groups is 1. The smallest absolute Gasteiger partial charge is 0.191 e. The van der Waals surface area contributed by atoms with Crippen molar-refractivity contribution in [2.75, 3.05) is 19.7 Å². The van der Waals surface area contributed by atoms with Crippen molar-refractivity contribution in [2.45, 2.75) is 40.2 Å². The van der Waals surface area contributed by atoms with E-state index in [0.29, 0.717) is 18.4 Å². The topological polar surface area (TPSA) is 56.7 Å². The molecule has 0 bridgehead atoms. The van der Waals surface area contributed by atoms with Crippen LogP contribution in [0.4, 0.5) is 4.39 Å². The Morgan fingerprint density at radius 1 is 1.29 bits per heavy atom. The normalized spacial score (nSPS) is 12.7. The first kappa shape index (κ1) is 23.1. The lowest BCUT2D eigenvalue weighted by atomic mass is 9.94. The molecule has 4 nitrogen and oxygen atoms in total. The zero-order chi connectivity index (χ0) is 17.1. The van der Waals surface area contributed by atoms with Gasteiger partial charge in [-0.2, -0.15) is 0 Å². The summed E-state index contributed by atoms with van der Waals surface area (Å²) in [4.78, 5) is 4.50. The van der Waals surface area contributed by atoms with Crippen molar-refractivity contribution < 1.29 is 9.50 Å². The van der Waals surface area contributed by atoms with E-state index < -0.39 is 0 Å². The van der Waals surface area contributed by atoms with E-state index in [0.717, 1.165) is 37.5 Å². The van der Waals surface area contributed by atoms with Gasteiger partial charge in [0, 0.05) is 19.7 Å². The van der Waals surface area contributed by atoms with E-state index in [1.54, 1.807) is 6.07 Å². The number of aliphatic hydroxyl groups is 1. The van der Waals surface area contributed by atoms with Crippen LogP contribution >= 0.6 is 24.0 Å². The summed E-state index contributed by atoms with van der Waals surface area (Å²) in [5.41, 5.74) is 0.844. The molecule has 1 aromatic carbocycles. The Bertz CT molecular complexity index is 483. The predicted octanol–water partition coefficient (Wildman–Crippen LogP) is 3.54. The summed E-state index contributed by atoms with van der Waals surface area (Å²) < 4.78 is 13.2. The third-order valence-electron chi connectivity index (χ3n) is 3.55. The molecule has 6 heteroatoms.